The maximum absolute atomic E-state index is 13.0. The minimum absolute atomic E-state index is 0.0896. The molecule has 1 aliphatic carbocycles. The number of fused-ring (bicyclic) bond motifs is 3. The maximum Gasteiger partial charge on any atom is 0.262 e. The van der Waals surface area contributed by atoms with E-state index < -0.39 is 0 Å². The number of hydrogen-bond donors (Lipinski definition) is 1. The van der Waals surface area contributed by atoms with Gasteiger partial charge in [-0.05, 0) is 74.6 Å². The van der Waals surface area contributed by atoms with Gasteiger partial charge < -0.3 is 14.8 Å². The molecule has 0 radical (unpaired) electrons. The highest BCUT2D eigenvalue weighted by atomic mass is 32.1. The van der Waals surface area contributed by atoms with E-state index in [1.54, 1.807) is 27.9 Å². The predicted octanol–water partition coefficient (Wildman–Crippen LogP) is 4.68. The van der Waals surface area contributed by atoms with Crippen LogP contribution < -0.4 is 20.3 Å². The highest BCUT2D eigenvalue weighted by Crippen LogP contribution is 2.29. The largest absolute Gasteiger partial charge is 0.485 e. The Hall–Kier alpha value is -3.72. The number of hydrogen-bond acceptors (Lipinski definition) is 6. The molecule has 1 aliphatic rings. The Morgan fingerprint density at radius 2 is 1.91 bits per heavy atom. The lowest BCUT2D eigenvalue weighted by atomic mass is 10.0. The first-order chi connectivity index (χ1) is 17.0. The summed E-state index contributed by atoms with van der Waals surface area (Å²) in [5, 5.41) is 2.80. The molecule has 2 aromatic heterocycles. The molecule has 0 fully saturated rings. The normalized spacial score (nSPS) is 12.9. The lowest BCUT2D eigenvalue weighted by Gasteiger charge is -2.14. The first-order valence-electron chi connectivity index (χ1n) is 11.4. The third-order valence-corrected chi connectivity index (χ3v) is 6.93. The number of aromatic nitrogens is 2. The first-order valence-corrected chi connectivity index (χ1v) is 12.2. The Kier molecular flexibility index (Phi) is 6.50. The van der Waals surface area contributed by atoms with Crippen LogP contribution in [-0.4, -0.2) is 21.9 Å². The molecule has 0 bridgehead atoms. The summed E-state index contributed by atoms with van der Waals surface area (Å²) in [5.74, 6) is 0.0913. The number of nitrogens with one attached hydrogen (secondary N) is 1. The molecule has 7 nitrogen and oxygen atoms in total. The molecule has 0 saturated heterocycles. The molecule has 180 valence electrons. The molecule has 0 unspecified atom stereocenters. The van der Waals surface area contributed by atoms with E-state index in [9.17, 15) is 14.0 Å². The van der Waals surface area contributed by atoms with Crippen molar-refractivity contribution in [3.05, 3.63) is 86.5 Å². The van der Waals surface area contributed by atoms with E-state index in [0.717, 1.165) is 36.9 Å². The number of benzene rings is 2. The number of carbonyl (C=O) groups excluding carboxylic acids is 1. The Balaban J connectivity index is 1.28. The number of rotatable bonds is 7. The third kappa shape index (κ3) is 5.19. The lowest BCUT2D eigenvalue weighted by molar-refractivity contribution is -0.118. The van der Waals surface area contributed by atoms with Crippen LogP contribution in [0.4, 0.5) is 10.1 Å². The molecule has 1 N–H and O–H groups in total. The van der Waals surface area contributed by atoms with Gasteiger partial charge in [0.05, 0.1) is 11.4 Å². The zero-order chi connectivity index (χ0) is 24.4. The van der Waals surface area contributed by atoms with Crippen LogP contribution in [0.1, 0.15) is 34.7 Å². The molecular weight excluding hydrogens is 469 g/mol. The van der Waals surface area contributed by atoms with E-state index in [2.05, 4.69) is 10.3 Å². The van der Waals surface area contributed by atoms with Gasteiger partial charge in [0.2, 0.25) is 0 Å². The van der Waals surface area contributed by atoms with Gasteiger partial charge in [-0.15, -0.1) is 11.3 Å². The Labute approximate surface area is 205 Å². The summed E-state index contributed by atoms with van der Waals surface area (Å²) < 4.78 is 26.1. The van der Waals surface area contributed by atoms with Gasteiger partial charge in [-0.25, -0.2) is 9.37 Å². The zero-order valence-electron chi connectivity index (χ0n) is 19.2. The third-order valence-electron chi connectivity index (χ3n) is 5.78. The number of anilines is 1. The van der Waals surface area contributed by atoms with Crippen LogP contribution in [0.25, 0.3) is 4.96 Å². The second kappa shape index (κ2) is 9.87. The van der Waals surface area contributed by atoms with E-state index in [0.29, 0.717) is 27.8 Å². The summed E-state index contributed by atoms with van der Waals surface area (Å²) in [7, 11) is 0. The van der Waals surface area contributed by atoms with Gasteiger partial charge >= 0.3 is 0 Å². The van der Waals surface area contributed by atoms with Gasteiger partial charge in [-0.3, -0.25) is 14.0 Å². The molecule has 4 aromatic rings. The second-order valence-electron chi connectivity index (χ2n) is 8.46. The van der Waals surface area contributed by atoms with E-state index in [1.807, 2.05) is 13.0 Å². The van der Waals surface area contributed by atoms with E-state index in [1.165, 1.54) is 35.2 Å². The molecule has 2 heterocycles. The topological polar surface area (TPSA) is 81.9 Å². The standard InChI is InChI=1S/C26H24FN3O4S/c1-16-6-11-22(20(12-16)29-24(31)15-33-19-9-7-17(27)8-10-19)34-14-18-13-25(32)30-21-4-2-3-5-23(21)35-26(30)28-18/h6-13H,2-5,14-15H2,1H3,(H,29,31). The molecule has 35 heavy (non-hydrogen) atoms. The lowest BCUT2D eigenvalue weighted by Crippen LogP contribution is -2.21. The predicted molar refractivity (Wildman–Crippen MR) is 132 cm³/mol. The smallest absolute Gasteiger partial charge is 0.262 e. The average Bonchev–Trinajstić information content (AvgIpc) is 3.22. The highest BCUT2D eigenvalue weighted by Gasteiger charge is 2.19. The summed E-state index contributed by atoms with van der Waals surface area (Å²) in [6.07, 6.45) is 4.13. The van der Waals surface area contributed by atoms with Crippen LogP contribution >= 0.6 is 11.3 Å². The van der Waals surface area contributed by atoms with Gasteiger partial charge in [0, 0.05) is 16.6 Å². The van der Waals surface area contributed by atoms with E-state index >= 15 is 0 Å². The number of amides is 1. The van der Waals surface area contributed by atoms with Crippen LogP contribution in [0.5, 0.6) is 11.5 Å². The van der Waals surface area contributed by atoms with Crippen molar-refractivity contribution in [2.24, 2.45) is 0 Å². The Morgan fingerprint density at radius 1 is 1.11 bits per heavy atom. The van der Waals surface area contributed by atoms with Crippen LogP contribution in [-0.2, 0) is 24.2 Å². The van der Waals surface area contributed by atoms with Crippen molar-refractivity contribution in [3.63, 3.8) is 0 Å². The summed E-state index contributed by atoms with van der Waals surface area (Å²) in [6, 6.07) is 12.4. The van der Waals surface area contributed by atoms with Crippen LogP contribution in [0.15, 0.2) is 53.3 Å². The molecule has 0 spiro atoms. The van der Waals surface area contributed by atoms with Gasteiger partial charge in [0.25, 0.3) is 11.5 Å². The quantitative estimate of drug-likeness (QED) is 0.404. The van der Waals surface area contributed by atoms with Crippen molar-refractivity contribution in [1.29, 1.82) is 0 Å². The number of carbonyl (C=O) groups is 1. The maximum atomic E-state index is 13.0. The zero-order valence-corrected chi connectivity index (χ0v) is 20.0. The SMILES string of the molecule is Cc1ccc(OCc2cc(=O)n3c4c(sc3n2)CCCC4)c(NC(=O)COc2ccc(F)cc2)c1. The fourth-order valence-electron chi connectivity index (χ4n) is 4.10. The summed E-state index contributed by atoms with van der Waals surface area (Å²) >= 11 is 1.57. The molecule has 0 saturated carbocycles. The van der Waals surface area contributed by atoms with Gasteiger partial charge in [-0.1, -0.05) is 6.07 Å². The first kappa shape index (κ1) is 23.0. The molecule has 0 aliphatic heterocycles. The van der Waals surface area contributed by atoms with Crippen LogP contribution in [0.3, 0.4) is 0 Å². The fraction of sp³-hybridized carbons (Fsp3) is 0.269. The van der Waals surface area contributed by atoms with Crippen molar-refractivity contribution in [3.8, 4) is 11.5 Å². The molecule has 1 amide bonds. The van der Waals surface area contributed by atoms with E-state index in [4.69, 9.17) is 9.47 Å². The van der Waals surface area contributed by atoms with Crippen molar-refractivity contribution in [2.45, 2.75) is 39.2 Å². The summed E-state index contributed by atoms with van der Waals surface area (Å²) in [6.45, 7) is 1.76. The fourth-order valence-corrected chi connectivity index (χ4v) is 5.33. The molecule has 9 heteroatoms. The second-order valence-corrected chi connectivity index (χ2v) is 9.52. The number of ether oxygens (including phenoxy) is 2. The Morgan fingerprint density at radius 3 is 2.74 bits per heavy atom. The minimum atomic E-state index is -0.383. The number of thiazole rings is 1. The number of halogens is 1. The van der Waals surface area contributed by atoms with Crippen molar-refractivity contribution >= 4 is 27.9 Å². The number of aryl methyl sites for hydroxylation is 3. The Bertz CT molecular complexity index is 1450. The van der Waals surface area contributed by atoms with Crippen LogP contribution in [0.2, 0.25) is 0 Å². The van der Waals surface area contributed by atoms with Crippen molar-refractivity contribution in [2.75, 3.05) is 11.9 Å². The van der Waals surface area contributed by atoms with Gasteiger partial charge in [0.15, 0.2) is 11.6 Å². The van der Waals surface area contributed by atoms with Crippen LogP contribution in [0, 0.1) is 12.7 Å². The summed E-state index contributed by atoms with van der Waals surface area (Å²) in [5.41, 5.74) is 2.96. The van der Waals surface area contributed by atoms with Crippen molar-refractivity contribution in [1.82, 2.24) is 9.38 Å². The summed E-state index contributed by atoms with van der Waals surface area (Å²) in [4.78, 5) is 31.8. The minimum Gasteiger partial charge on any atom is -0.485 e. The highest BCUT2D eigenvalue weighted by molar-refractivity contribution is 7.17. The number of nitrogens with zero attached hydrogens (tertiary/aromatic N) is 2. The molecule has 2 aromatic carbocycles. The monoisotopic (exact) mass is 493 g/mol. The molecule has 5 rings (SSSR count). The van der Waals surface area contributed by atoms with Gasteiger partial charge in [-0.2, -0.15) is 0 Å². The van der Waals surface area contributed by atoms with Gasteiger partial charge in [0.1, 0.15) is 23.9 Å². The molecular formula is C26H24FN3O4S. The molecule has 0 atom stereocenters. The van der Waals surface area contributed by atoms with E-state index in [-0.39, 0.29) is 30.5 Å². The van der Waals surface area contributed by atoms with Crippen molar-refractivity contribution < 1.29 is 18.7 Å². The average molecular weight is 494 g/mol.